The summed E-state index contributed by atoms with van der Waals surface area (Å²) in [5.41, 5.74) is 6.48. The van der Waals surface area contributed by atoms with Gasteiger partial charge in [-0.1, -0.05) is 48.5 Å². The standard InChI is InChI=1S/C26H26N2O/c29-25-16-19-5-1-3-7-22(19)26(25)11-13-28(14-12-26)17-18-9-10-24-21(15-18)20-6-2-4-8-23(20)27-24/h1-10,15,25,27,29H,11-14,16-17H2/t25-/m0/s1. The van der Waals surface area contributed by atoms with Crippen molar-refractivity contribution in [2.45, 2.75) is 37.3 Å². The molecule has 0 radical (unpaired) electrons. The van der Waals surface area contributed by atoms with Crippen LogP contribution in [0.25, 0.3) is 21.8 Å². The first kappa shape index (κ1) is 17.3. The number of H-pyrrole nitrogens is 1. The summed E-state index contributed by atoms with van der Waals surface area (Å²) >= 11 is 0. The van der Waals surface area contributed by atoms with E-state index in [0.717, 1.165) is 38.9 Å². The molecule has 2 aliphatic rings. The first-order valence-corrected chi connectivity index (χ1v) is 10.7. The lowest BCUT2D eigenvalue weighted by Crippen LogP contribution is -2.47. The van der Waals surface area contributed by atoms with Crippen molar-refractivity contribution in [3.63, 3.8) is 0 Å². The Hall–Kier alpha value is -2.62. The fraction of sp³-hybridized carbons (Fsp3) is 0.308. The van der Waals surface area contributed by atoms with E-state index in [1.165, 1.54) is 38.5 Å². The van der Waals surface area contributed by atoms with E-state index >= 15 is 0 Å². The highest BCUT2D eigenvalue weighted by atomic mass is 16.3. The average molecular weight is 383 g/mol. The van der Waals surface area contributed by atoms with E-state index in [1.54, 1.807) is 0 Å². The van der Waals surface area contributed by atoms with Crippen LogP contribution in [0, 0.1) is 0 Å². The summed E-state index contributed by atoms with van der Waals surface area (Å²) in [4.78, 5) is 6.07. The first-order chi connectivity index (χ1) is 14.2. The van der Waals surface area contributed by atoms with Gasteiger partial charge in [0.15, 0.2) is 0 Å². The van der Waals surface area contributed by atoms with Crippen molar-refractivity contribution in [1.29, 1.82) is 0 Å². The second-order valence-corrected chi connectivity index (χ2v) is 8.86. The zero-order valence-electron chi connectivity index (χ0n) is 16.6. The van der Waals surface area contributed by atoms with Gasteiger partial charge in [0.05, 0.1) is 6.10 Å². The summed E-state index contributed by atoms with van der Waals surface area (Å²) in [6.45, 7) is 3.05. The number of aromatic nitrogens is 1. The molecule has 1 aliphatic heterocycles. The van der Waals surface area contributed by atoms with Crippen LogP contribution < -0.4 is 0 Å². The molecule has 1 aliphatic carbocycles. The number of aromatic amines is 1. The number of para-hydroxylation sites is 1. The Kier molecular flexibility index (Phi) is 3.84. The van der Waals surface area contributed by atoms with Gasteiger partial charge >= 0.3 is 0 Å². The molecule has 1 atom stereocenters. The van der Waals surface area contributed by atoms with Crippen LogP contribution >= 0.6 is 0 Å². The third-order valence-electron chi connectivity index (χ3n) is 7.33. The highest BCUT2D eigenvalue weighted by Crippen LogP contribution is 2.46. The molecule has 1 spiro atoms. The summed E-state index contributed by atoms with van der Waals surface area (Å²) in [6.07, 6.45) is 2.67. The summed E-state index contributed by atoms with van der Waals surface area (Å²) in [6, 6.07) is 24.0. The zero-order chi connectivity index (χ0) is 19.4. The van der Waals surface area contributed by atoms with E-state index < -0.39 is 0 Å². The lowest BCUT2D eigenvalue weighted by molar-refractivity contribution is 0.0414. The largest absolute Gasteiger partial charge is 0.392 e. The van der Waals surface area contributed by atoms with Crippen molar-refractivity contribution in [2.75, 3.05) is 13.1 Å². The number of likely N-dealkylation sites (tertiary alicyclic amines) is 1. The molecule has 29 heavy (non-hydrogen) atoms. The van der Waals surface area contributed by atoms with Crippen molar-refractivity contribution in [2.24, 2.45) is 0 Å². The Bertz CT molecular complexity index is 1200. The monoisotopic (exact) mass is 382 g/mol. The average Bonchev–Trinajstić information content (AvgIpc) is 3.25. The molecule has 3 heteroatoms. The van der Waals surface area contributed by atoms with E-state index in [0.29, 0.717) is 0 Å². The smallest absolute Gasteiger partial charge is 0.0678 e. The molecular weight excluding hydrogens is 356 g/mol. The van der Waals surface area contributed by atoms with Crippen LogP contribution in [0.4, 0.5) is 0 Å². The Balaban J connectivity index is 1.23. The van der Waals surface area contributed by atoms with Crippen molar-refractivity contribution in [3.8, 4) is 0 Å². The van der Waals surface area contributed by atoms with Crippen molar-refractivity contribution >= 4 is 21.8 Å². The van der Waals surface area contributed by atoms with Gasteiger partial charge in [-0.25, -0.2) is 0 Å². The van der Waals surface area contributed by atoms with Crippen LogP contribution in [-0.2, 0) is 18.4 Å². The number of nitrogens with zero attached hydrogens (tertiary/aromatic N) is 1. The Labute approximate surface area is 171 Å². The zero-order valence-corrected chi connectivity index (χ0v) is 16.6. The van der Waals surface area contributed by atoms with Crippen LogP contribution in [0.3, 0.4) is 0 Å². The number of rotatable bonds is 2. The fourth-order valence-corrected chi connectivity index (χ4v) is 5.73. The summed E-state index contributed by atoms with van der Waals surface area (Å²) in [7, 11) is 0. The van der Waals surface area contributed by atoms with Gasteiger partial charge in [-0.05, 0) is 67.2 Å². The van der Waals surface area contributed by atoms with E-state index in [4.69, 9.17) is 0 Å². The topological polar surface area (TPSA) is 39.3 Å². The molecule has 1 saturated heterocycles. The molecule has 1 aromatic heterocycles. The Morgan fingerprint density at radius 3 is 2.55 bits per heavy atom. The molecule has 6 rings (SSSR count). The van der Waals surface area contributed by atoms with Crippen LogP contribution in [0.2, 0.25) is 0 Å². The summed E-state index contributed by atoms with van der Waals surface area (Å²) < 4.78 is 0. The number of hydrogen-bond acceptors (Lipinski definition) is 2. The van der Waals surface area contributed by atoms with Gasteiger partial charge in [-0.15, -0.1) is 0 Å². The minimum absolute atomic E-state index is 0.0338. The normalized spacial score (nSPS) is 21.2. The quantitative estimate of drug-likeness (QED) is 0.524. The van der Waals surface area contributed by atoms with Crippen molar-refractivity contribution in [3.05, 3.63) is 83.4 Å². The second-order valence-electron chi connectivity index (χ2n) is 8.86. The van der Waals surface area contributed by atoms with E-state index in [2.05, 4.69) is 76.6 Å². The molecule has 0 bridgehead atoms. The van der Waals surface area contributed by atoms with Crippen LogP contribution in [-0.4, -0.2) is 34.2 Å². The Morgan fingerprint density at radius 2 is 1.66 bits per heavy atom. The first-order valence-electron chi connectivity index (χ1n) is 10.7. The Morgan fingerprint density at radius 1 is 0.897 bits per heavy atom. The van der Waals surface area contributed by atoms with Crippen molar-refractivity contribution in [1.82, 2.24) is 9.88 Å². The molecule has 2 heterocycles. The van der Waals surface area contributed by atoms with Gasteiger partial charge in [-0.2, -0.15) is 0 Å². The predicted molar refractivity (Wildman–Crippen MR) is 118 cm³/mol. The maximum absolute atomic E-state index is 10.9. The molecule has 0 unspecified atom stereocenters. The predicted octanol–water partition coefficient (Wildman–Crippen LogP) is 4.77. The van der Waals surface area contributed by atoms with E-state index in [1.807, 2.05) is 0 Å². The minimum atomic E-state index is -0.232. The highest BCUT2D eigenvalue weighted by Gasteiger charge is 2.47. The molecule has 3 aromatic carbocycles. The number of aliphatic hydroxyl groups is 1. The minimum Gasteiger partial charge on any atom is -0.392 e. The van der Waals surface area contributed by atoms with Crippen LogP contribution in [0.1, 0.15) is 29.5 Å². The van der Waals surface area contributed by atoms with Gasteiger partial charge in [0.1, 0.15) is 0 Å². The van der Waals surface area contributed by atoms with Crippen LogP contribution in [0.15, 0.2) is 66.7 Å². The fourth-order valence-electron chi connectivity index (χ4n) is 5.73. The van der Waals surface area contributed by atoms with Crippen LogP contribution in [0.5, 0.6) is 0 Å². The molecule has 3 nitrogen and oxygen atoms in total. The molecular formula is C26H26N2O. The summed E-state index contributed by atoms with van der Waals surface area (Å²) in [5, 5.41) is 13.5. The maximum atomic E-state index is 10.9. The highest BCUT2D eigenvalue weighted by molar-refractivity contribution is 6.07. The molecule has 0 amide bonds. The van der Waals surface area contributed by atoms with Gasteiger partial charge in [-0.3, -0.25) is 4.90 Å². The summed E-state index contributed by atoms with van der Waals surface area (Å²) in [5.74, 6) is 0. The molecule has 4 aromatic rings. The van der Waals surface area contributed by atoms with Gasteiger partial charge in [0.2, 0.25) is 0 Å². The third kappa shape index (κ3) is 2.65. The number of piperidine rings is 1. The number of aliphatic hydroxyl groups excluding tert-OH is 1. The maximum Gasteiger partial charge on any atom is 0.0678 e. The third-order valence-corrected chi connectivity index (χ3v) is 7.33. The lowest BCUT2D eigenvalue weighted by atomic mass is 9.72. The lowest BCUT2D eigenvalue weighted by Gasteiger charge is -2.42. The molecule has 0 saturated carbocycles. The number of nitrogens with one attached hydrogen (secondary N) is 1. The molecule has 146 valence electrons. The second kappa shape index (κ2) is 6.45. The SMILES string of the molecule is O[C@H]1Cc2ccccc2C12CCN(Cc1ccc3[nH]c4ccccc4c3c1)CC2. The molecule has 2 N–H and O–H groups in total. The number of fused-ring (bicyclic) bond motifs is 5. The van der Waals surface area contributed by atoms with Crippen molar-refractivity contribution < 1.29 is 5.11 Å². The van der Waals surface area contributed by atoms with E-state index in [-0.39, 0.29) is 11.5 Å². The van der Waals surface area contributed by atoms with Gasteiger partial charge in [0, 0.05) is 33.8 Å². The van der Waals surface area contributed by atoms with E-state index in [9.17, 15) is 5.11 Å². The van der Waals surface area contributed by atoms with Gasteiger partial charge < -0.3 is 10.1 Å². The molecule has 1 fully saturated rings. The number of benzene rings is 3. The van der Waals surface area contributed by atoms with Gasteiger partial charge in [0.25, 0.3) is 0 Å². The number of hydrogen-bond donors (Lipinski definition) is 2.